The van der Waals surface area contributed by atoms with Gasteiger partial charge in [0.2, 0.25) is 17.7 Å². The Morgan fingerprint density at radius 3 is 2.55 bits per heavy atom. The van der Waals surface area contributed by atoms with Crippen LogP contribution in [0, 0.1) is 17.8 Å². The topological polar surface area (TPSA) is 137 Å². The van der Waals surface area contributed by atoms with Crippen LogP contribution in [0.15, 0.2) is 48.5 Å². The molecule has 2 aromatic carbocycles. The SMILES string of the molecule is CC(C)C[C@H](NC(=O)CNC(=O)[C@]1(c2ccccc2)C[C@@H]1CN1CC[C@@]2(C)c3cc(O)ccc3C[C@@H]1[C@H]2C)C(=O)NCCCCCN. The van der Waals surface area contributed by atoms with E-state index in [1.807, 2.05) is 50.2 Å². The molecule has 6 N–H and O–H groups in total. The van der Waals surface area contributed by atoms with Crippen molar-refractivity contribution in [2.45, 2.75) is 95.6 Å². The molecule has 0 unspecified atom stereocenters. The van der Waals surface area contributed by atoms with Gasteiger partial charge in [-0.3, -0.25) is 19.3 Å². The fourth-order valence-electron chi connectivity index (χ4n) is 8.30. The molecule has 2 aliphatic carbocycles. The Morgan fingerprint density at radius 2 is 1.83 bits per heavy atom. The molecule has 1 heterocycles. The number of hydrogen-bond acceptors (Lipinski definition) is 6. The molecule has 1 aliphatic heterocycles. The van der Waals surface area contributed by atoms with Gasteiger partial charge in [-0.2, -0.15) is 0 Å². The molecule has 0 aromatic heterocycles. The molecule has 3 amide bonds. The number of piperidine rings is 1. The average molecular weight is 646 g/mol. The highest BCUT2D eigenvalue weighted by atomic mass is 16.3. The van der Waals surface area contributed by atoms with Gasteiger partial charge >= 0.3 is 0 Å². The van der Waals surface area contributed by atoms with E-state index in [1.165, 1.54) is 11.1 Å². The summed E-state index contributed by atoms with van der Waals surface area (Å²) in [7, 11) is 0. The Hall–Kier alpha value is -3.43. The van der Waals surface area contributed by atoms with E-state index in [-0.39, 0.29) is 41.5 Å². The van der Waals surface area contributed by atoms with Crippen LogP contribution in [-0.4, -0.2) is 72.5 Å². The maximum atomic E-state index is 14.0. The molecule has 5 rings (SSSR count). The van der Waals surface area contributed by atoms with E-state index < -0.39 is 11.5 Å². The molecule has 3 aliphatic rings. The van der Waals surface area contributed by atoms with Gasteiger partial charge in [0, 0.05) is 19.1 Å². The van der Waals surface area contributed by atoms with Crippen molar-refractivity contribution in [3.63, 3.8) is 0 Å². The molecule has 9 heteroatoms. The van der Waals surface area contributed by atoms with Gasteiger partial charge in [0.25, 0.3) is 0 Å². The highest BCUT2D eigenvalue weighted by Crippen LogP contribution is 2.56. The zero-order valence-electron chi connectivity index (χ0n) is 28.7. The number of likely N-dealkylation sites (tertiary alicyclic amines) is 1. The second-order valence-corrected chi connectivity index (χ2v) is 14.9. The smallest absolute Gasteiger partial charge is 0.242 e. The van der Waals surface area contributed by atoms with Crippen molar-refractivity contribution in [3.05, 3.63) is 65.2 Å². The highest BCUT2D eigenvalue weighted by molar-refractivity contribution is 5.95. The van der Waals surface area contributed by atoms with E-state index in [9.17, 15) is 19.5 Å². The van der Waals surface area contributed by atoms with Crippen molar-refractivity contribution in [1.82, 2.24) is 20.9 Å². The zero-order valence-corrected chi connectivity index (χ0v) is 28.7. The molecular formula is C38H55N5O4. The molecule has 2 bridgehead atoms. The van der Waals surface area contributed by atoms with Gasteiger partial charge in [0.15, 0.2) is 0 Å². The number of phenolic OH excluding ortho intramolecular Hbond substituents is 1. The molecule has 0 radical (unpaired) electrons. The van der Waals surface area contributed by atoms with E-state index in [1.54, 1.807) is 6.07 Å². The minimum atomic E-state index is -0.692. The first-order valence-corrected chi connectivity index (χ1v) is 17.7. The molecular weight excluding hydrogens is 590 g/mol. The van der Waals surface area contributed by atoms with E-state index >= 15 is 0 Å². The molecule has 2 fully saturated rings. The summed E-state index contributed by atoms with van der Waals surface area (Å²) in [6.45, 7) is 11.5. The lowest BCUT2D eigenvalue weighted by Crippen LogP contribution is -2.58. The van der Waals surface area contributed by atoms with Crippen LogP contribution in [0.1, 0.15) is 82.9 Å². The number of nitrogens with two attached hydrogens (primary N) is 1. The summed E-state index contributed by atoms with van der Waals surface area (Å²) in [6.07, 6.45) is 5.89. The van der Waals surface area contributed by atoms with Gasteiger partial charge in [-0.1, -0.05) is 70.5 Å². The molecule has 1 saturated heterocycles. The van der Waals surface area contributed by atoms with E-state index in [4.69, 9.17) is 5.73 Å². The summed E-state index contributed by atoms with van der Waals surface area (Å²) in [5, 5.41) is 19.0. The molecule has 1 saturated carbocycles. The number of unbranched alkanes of at least 4 members (excludes halogenated alkanes) is 2. The van der Waals surface area contributed by atoms with Gasteiger partial charge in [-0.15, -0.1) is 0 Å². The number of fused-ring (bicyclic) bond motifs is 4. The minimum absolute atomic E-state index is 0.00705. The van der Waals surface area contributed by atoms with Crippen molar-refractivity contribution in [1.29, 1.82) is 0 Å². The van der Waals surface area contributed by atoms with E-state index in [0.717, 1.165) is 57.2 Å². The summed E-state index contributed by atoms with van der Waals surface area (Å²) in [4.78, 5) is 42.6. The maximum Gasteiger partial charge on any atom is 0.242 e. The number of carbonyl (C=O) groups excluding carboxylic acids is 3. The summed E-state index contributed by atoms with van der Waals surface area (Å²) in [6, 6.07) is 15.5. The summed E-state index contributed by atoms with van der Waals surface area (Å²) in [5.74, 6) is 0.400. The molecule has 0 spiro atoms. The Labute approximate surface area is 280 Å². The summed E-state index contributed by atoms with van der Waals surface area (Å²) < 4.78 is 0. The molecule has 2 aromatic rings. The second kappa shape index (κ2) is 14.8. The van der Waals surface area contributed by atoms with Gasteiger partial charge < -0.3 is 26.8 Å². The van der Waals surface area contributed by atoms with E-state index in [2.05, 4.69) is 40.8 Å². The third-order valence-corrected chi connectivity index (χ3v) is 11.3. The number of nitrogens with zero attached hydrogens (tertiary/aromatic N) is 1. The van der Waals surface area contributed by atoms with Gasteiger partial charge in [0.1, 0.15) is 11.8 Å². The van der Waals surface area contributed by atoms with Crippen LogP contribution in [0.4, 0.5) is 0 Å². The quantitative estimate of drug-likeness (QED) is 0.187. The van der Waals surface area contributed by atoms with Crippen molar-refractivity contribution in [2.75, 3.05) is 32.7 Å². The first-order chi connectivity index (χ1) is 22.5. The predicted molar refractivity (Wildman–Crippen MR) is 185 cm³/mol. The Morgan fingerprint density at radius 1 is 1.06 bits per heavy atom. The molecule has 256 valence electrons. The van der Waals surface area contributed by atoms with Gasteiger partial charge in [-0.05, 0) is 104 Å². The van der Waals surface area contributed by atoms with Gasteiger partial charge in [-0.25, -0.2) is 0 Å². The third-order valence-electron chi connectivity index (χ3n) is 11.3. The van der Waals surface area contributed by atoms with Crippen molar-refractivity contribution >= 4 is 17.7 Å². The Balaban J connectivity index is 1.23. The monoisotopic (exact) mass is 645 g/mol. The standard InChI is InChI=1S/C38H55N5O4/c1-25(2)19-32(35(46)40-17-10-6-9-16-39)42-34(45)23-41-36(47)38(28-11-7-5-8-12-28)22-29(38)24-43-18-15-37(4)26(3)33(43)20-27-13-14-30(44)21-31(27)37/h5,7-8,11-14,21,25-26,29,32-33,44H,6,9-10,15-20,22-24,39H2,1-4H3,(H,40,46)(H,41,47)(H,42,45)/t26-,29-,32+,33-,37-,38+/m1/s1. The zero-order chi connectivity index (χ0) is 33.8. The van der Waals surface area contributed by atoms with Crippen LogP contribution >= 0.6 is 0 Å². The number of benzene rings is 2. The first kappa shape index (κ1) is 34.9. The lowest BCUT2D eigenvalue weighted by molar-refractivity contribution is -0.130. The lowest BCUT2D eigenvalue weighted by atomic mass is 9.59. The van der Waals surface area contributed by atoms with Crippen LogP contribution in [0.25, 0.3) is 0 Å². The largest absolute Gasteiger partial charge is 0.508 e. The minimum Gasteiger partial charge on any atom is -0.508 e. The number of phenols is 1. The highest BCUT2D eigenvalue weighted by Gasteiger charge is 2.62. The normalized spacial score (nSPS) is 27.1. The van der Waals surface area contributed by atoms with Crippen LogP contribution in [0.2, 0.25) is 0 Å². The molecule has 6 atom stereocenters. The number of aromatic hydroxyl groups is 1. The Kier molecular flexibility index (Phi) is 11.0. The third kappa shape index (κ3) is 7.51. The van der Waals surface area contributed by atoms with E-state index in [0.29, 0.717) is 37.2 Å². The Bertz CT molecular complexity index is 1420. The van der Waals surface area contributed by atoms with Gasteiger partial charge in [0.05, 0.1) is 12.0 Å². The number of amides is 3. The number of carbonyl (C=O) groups is 3. The number of rotatable bonds is 15. The van der Waals surface area contributed by atoms with Crippen molar-refractivity contribution in [2.24, 2.45) is 23.5 Å². The fraction of sp³-hybridized carbons (Fsp3) is 0.605. The van der Waals surface area contributed by atoms with Crippen LogP contribution in [0.5, 0.6) is 5.75 Å². The number of nitrogens with one attached hydrogen (secondary N) is 3. The fourth-order valence-corrected chi connectivity index (χ4v) is 8.30. The van der Waals surface area contributed by atoms with Crippen LogP contribution < -0.4 is 21.7 Å². The first-order valence-electron chi connectivity index (χ1n) is 17.7. The number of hydrogen-bond donors (Lipinski definition) is 5. The van der Waals surface area contributed by atoms with Crippen molar-refractivity contribution < 1.29 is 19.5 Å². The molecule has 9 nitrogen and oxygen atoms in total. The average Bonchev–Trinajstić information content (AvgIpc) is 3.78. The maximum absolute atomic E-state index is 14.0. The molecule has 47 heavy (non-hydrogen) atoms. The lowest BCUT2D eigenvalue weighted by Gasteiger charge is -2.55. The van der Waals surface area contributed by atoms with Crippen molar-refractivity contribution in [3.8, 4) is 5.75 Å². The summed E-state index contributed by atoms with van der Waals surface area (Å²) in [5.41, 5.74) is 8.44. The predicted octanol–water partition coefficient (Wildman–Crippen LogP) is 3.77. The summed E-state index contributed by atoms with van der Waals surface area (Å²) >= 11 is 0. The van der Waals surface area contributed by atoms with Crippen LogP contribution in [-0.2, 0) is 31.6 Å². The second-order valence-electron chi connectivity index (χ2n) is 14.9. The van der Waals surface area contributed by atoms with Crippen LogP contribution in [0.3, 0.4) is 0 Å².